The Labute approximate surface area is 85.4 Å². The molecule has 1 heterocycles. The van der Waals surface area contributed by atoms with E-state index in [4.69, 9.17) is 0 Å². The van der Waals surface area contributed by atoms with E-state index in [0.29, 0.717) is 0 Å². The van der Waals surface area contributed by atoms with Crippen LogP contribution in [0.3, 0.4) is 0 Å². The normalized spacial score (nSPS) is 29.5. The van der Waals surface area contributed by atoms with Gasteiger partial charge in [0, 0.05) is 36.7 Å². The maximum atomic E-state index is 3.60. The summed E-state index contributed by atoms with van der Waals surface area (Å²) in [6.07, 6.45) is 2.88. The van der Waals surface area contributed by atoms with Crippen molar-refractivity contribution in [1.82, 2.24) is 10.2 Å². The first-order valence-corrected chi connectivity index (χ1v) is 6.61. The van der Waals surface area contributed by atoms with Crippen LogP contribution in [0.25, 0.3) is 0 Å². The maximum absolute atomic E-state index is 3.60. The highest BCUT2D eigenvalue weighted by Gasteiger charge is 2.29. The Morgan fingerprint density at radius 1 is 1.46 bits per heavy atom. The Morgan fingerprint density at radius 2 is 2.31 bits per heavy atom. The van der Waals surface area contributed by atoms with Gasteiger partial charge >= 0.3 is 0 Å². The van der Waals surface area contributed by atoms with Crippen LogP contribution in [-0.2, 0) is 0 Å². The van der Waals surface area contributed by atoms with Gasteiger partial charge in [0.1, 0.15) is 0 Å². The Morgan fingerprint density at radius 3 is 2.85 bits per heavy atom. The summed E-state index contributed by atoms with van der Waals surface area (Å²) < 4.78 is 0. The topological polar surface area (TPSA) is 15.3 Å². The molecule has 1 unspecified atom stereocenters. The van der Waals surface area contributed by atoms with Crippen LogP contribution in [0.5, 0.6) is 0 Å². The third-order valence-electron chi connectivity index (χ3n) is 2.92. The second kappa shape index (κ2) is 4.67. The fourth-order valence-electron chi connectivity index (χ4n) is 2.00. The first kappa shape index (κ1) is 9.81. The summed E-state index contributed by atoms with van der Waals surface area (Å²) >= 11 is 2.10. The molecule has 13 heavy (non-hydrogen) atoms. The van der Waals surface area contributed by atoms with E-state index in [9.17, 15) is 0 Å². The summed E-state index contributed by atoms with van der Waals surface area (Å²) in [6.45, 7) is 5.99. The van der Waals surface area contributed by atoms with Crippen LogP contribution >= 0.6 is 11.8 Å². The van der Waals surface area contributed by atoms with Crippen molar-refractivity contribution in [3.63, 3.8) is 0 Å². The van der Waals surface area contributed by atoms with Crippen molar-refractivity contribution in [3.8, 4) is 0 Å². The van der Waals surface area contributed by atoms with Crippen LogP contribution in [0.4, 0.5) is 0 Å². The largest absolute Gasteiger partial charge is 0.311 e. The van der Waals surface area contributed by atoms with Crippen LogP contribution in [0, 0.1) is 0 Å². The summed E-state index contributed by atoms with van der Waals surface area (Å²) in [5.74, 6) is 2.61. The highest BCUT2D eigenvalue weighted by atomic mass is 32.2. The van der Waals surface area contributed by atoms with Crippen LogP contribution in [0.15, 0.2) is 0 Å². The van der Waals surface area contributed by atoms with Gasteiger partial charge in [0.2, 0.25) is 0 Å². The molecular weight excluding hydrogens is 180 g/mol. The number of thioether (sulfide) groups is 1. The van der Waals surface area contributed by atoms with Crippen molar-refractivity contribution in [3.05, 3.63) is 0 Å². The fourth-order valence-corrected chi connectivity index (χ4v) is 2.93. The molecule has 0 aromatic rings. The molecule has 1 aliphatic heterocycles. The van der Waals surface area contributed by atoms with E-state index >= 15 is 0 Å². The molecule has 2 rings (SSSR count). The zero-order chi connectivity index (χ0) is 9.10. The van der Waals surface area contributed by atoms with Crippen molar-refractivity contribution >= 4 is 11.8 Å². The van der Waals surface area contributed by atoms with E-state index in [-0.39, 0.29) is 0 Å². The SMILES string of the molecule is CCN(CC1CSCCN1)C1CC1. The number of hydrogen-bond acceptors (Lipinski definition) is 3. The van der Waals surface area contributed by atoms with Crippen molar-refractivity contribution in [2.75, 3.05) is 31.1 Å². The standard InChI is InChI=1S/C10H20N2S/c1-2-12(10-3-4-10)7-9-8-13-6-5-11-9/h9-11H,2-8H2,1H3. The molecule has 1 aliphatic carbocycles. The molecule has 3 heteroatoms. The van der Waals surface area contributed by atoms with Gasteiger partial charge < -0.3 is 5.32 Å². The Balaban J connectivity index is 1.73. The smallest absolute Gasteiger partial charge is 0.0286 e. The molecule has 2 fully saturated rings. The minimum Gasteiger partial charge on any atom is -0.311 e. The molecule has 1 saturated heterocycles. The highest BCUT2D eigenvalue weighted by molar-refractivity contribution is 7.99. The molecule has 0 spiro atoms. The molecule has 0 aromatic carbocycles. The third-order valence-corrected chi connectivity index (χ3v) is 4.05. The Kier molecular flexibility index (Phi) is 3.52. The number of likely N-dealkylation sites (N-methyl/N-ethyl adjacent to an activating group) is 1. The molecule has 1 saturated carbocycles. The zero-order valence-corrected chi connectivity index (χ0v) is 9.28. The van der Waals surface area contributed by atoms with Crippen LogP contribution < -0.4 is 5.32 Å². The van der Waals surface area contributed by atoms with Crippen molar-refractivity contribution in [2.45, 2.75) is 31.8 Å². The third kappa shape index (κ3) is 2.86. The average Bonchev–Trinajstić information content (AvgIpc) is 2.99. The summed E-state index contributed by atoms with van der Waals surface area (Å²) in [5, 5.41) is 3.60. The molecule has 0 bridgehead atoms. The van der Waals surface area contributed by atoms with Crippen LogP contribution in [0.2, 0.25) is 0 Å². The van der Waals surface area contributed by atoms with Crippen molar-refractivity contribution in [2.24, 2.45) is 0 Å². The van der Waals surface area contributed by atoms with Gasteiger partial charge in [-0.25, -0.2) is 0 Å². The minimum absolute atomic E-state index is 0.749. The number of nitrogens with one attached hydrogen (secondary N) is 1. The monoisotopic (exact) mass is 200 g/mol. The molecular formula is C10H20N2S. The van der Waals surface area contributed by atoms with Gasteiger partial charge in [-0.2, -0.15) is 11.8 Å². The van der Waals surface area contributed by atoms with Gasteiger partial charge in [-0.05, 0) is 19.4 Å². The summed E-state index contributed by atoms with van der Waals surface area (Å²) in [5.41, 5.74) is 0. The van der Waals surface area contributed by atoms with Crippen LogP contribution in [0.1, 0.15) is 19.8 Å². The van der Waals surface area contributed by atoms with E-state index in [1.165, 1.54) is 44.0 Å². The number of rotatable bonds is 4. The summed E-state index contributed by atoms with van der Waals surface area (Å²) in [4.78, 5) is 2.64. The highest BCUT2D eigenvalue weighted by Crippen LogP contribution is 2.26. The zero-order valence-electron chi connectivity index (χ0n) is 8.46. The van der Waals surface area contributed by atoms with Crippen LogP contribution in [-0.4, -0.2) is 48.1 Å². The Hall–Kier alpha value is 0.270. The molecule has 76 valence electrons. The average molecular weight is 200 g/mol. The number of hydrogen-bond donors (Lipinski definition) is 1. The second-order valence-corrected chi connectivity index (χ2v) is 5.19. The second-order valence-electron chi connectivity index (χ2n) is 4.04. The molecule has 0 aromatic heterocycles. The lowest BCUT2D eigenvalue weighted by molar-refractivity contribution is 0.251. The van der Waals surface area contributed by atoms with E-state index in [2.05, 4.69) is 28.9 Å². The molecule has 1 atom stereocenters. The lowest BCUT2D eigenvalue weighted by Gasteiger charge is -2.29. The van der Waals surface area contributed by atoms with Gasteiger partial charge in [0.15, 0.2) is 0 Å². The van der Waals surface area contributed by atoms with E-state index in [1.807, 2.05) is 0 Å². The summed E-state index contributed by atoms with van der Waals surface area (Å²) in [7, 11) is 0. The molecule has 0 amide bonds. The van der Waals surface area contributed by atoms with E-state index < -0.39 is 0 Å². The summed E-state index contributed by atoms with van der Waals surface area (Å²) in [6, 6.07) is 1.68. The van der Waals surface area contributed by atoms with Crippen molar-refractivity contribution < 1.29 is 0 Å². The molecule has 2 nitrogen and oxygen atoms in total. The predicted molar refractivity (Wildman–Crippen MR) is 59.4 cm³/mol. The molecule has 1 N–H and O–H groups in total. The van der Waals surface area contributed by atoms with Gasteiger partial charge in [0.05, 0.1) is 0 Å². The van der Waals surface area contributed by atoms with Gasteiger partial charge in [-0.15, -0.1) is 0 Å². The first-order chi connectivity index (χ1) is 6.40. The maximum Gasteiger partial charge on any atom is 0.0286 e. The van der Waals surface area contributed by atoms with Gasteiger partial charge in [-0.1, -0.05) is 6.92 Å². The first-order valence-electron chi connectivity index (χ1n) is 5.45. The van der Waals surface area contributed by atoms with Gasteiger partial charge in [0.25, 0.3) is 0 Å². The quantitative estimate of drug-likeness (QED) is 0.733. The van der Waals surface area contributed by atoms with Crippen molar-refractivity contribution in [1.29, 1.82) is 0 Å². The van der Waals surface area contributed by atoms with E-state index in [0.717, 1.165) is 12.1 Å². The van der Waals surface area contributed by atoms with E-state index in [1.54, 1.807) is 0 Å². The lowest BCUT2D eigenvalue weighted by atomic mass is 10.3. The lowest BCUT2D eigenvalue weighted by Crippen LogP contribution is -2.46. The Bertz CT molecular complexity index is 153. The predicted octanol–water partition coefficient (Wildman–Crippen LogP) is 1.18. The fraction of sp³-hybridized carbons (Fsp3) is 1.00. The number of nitrogens with zero attached hydrogens (tertiary/aromatic N) is 1. The molecule has 0 radical (unpaired) electrons. The molecule has 2 aliphatic rings. The minimum atomic E-state index is 0.749. The van der Waals surface area contributed by atoms with Gasteiger partial charge in [-0.3, -0.25) is 4.90 Å².